The molecule has 0 aliphatic carbocycles. The highest BCUT2D eigenvalue weighted by molar-refractivity contribution is 5.44. The Morgan fingerprint density at radius 3 is 2.37 bits per heavy atom. The molecule has 0 spiro atoms. The van der Waals surface area contributed by atoms with Gasteiger partial charge in [0.05, 0.1) is 5.69 Å². The van der Waals surface area contributed by atoms with Crippen LogP contribution in [-0.2, 0) is 6.54 Å². The Kier molecular flexibility index (Phi) is 3.93. The molecule has 0 bridgehead atoms. The Morgan fingerprint density at radius 1 is 1.16 bits per heavy atom. The molecule has 1 heterocycles. The fraction of sp³-hybridized carbons (Fsp3) is 0.438. The van der Waals surface area contributed by atoms with Crippen LogP contribution in [0, 0.1) is 12.8 Å². The lowest BCUT2D eigenvalue weighted by molar-refractivity contribution is 0.518. The summed E-state index contributed by atoms with van der Waals surface area (Å²) < 4.78 is 2.12. The molecule has 19 heavy (non-hydrogen) atoms. The van der Waals surface area contributed by atoms with E-state index in [9.17, 15) is 0 Å². The van der Waals surface area contributed by atoms with E-state index in [1.165, 1.54) is 5.56 Å². The van der Waals surface area contributed by atoms with E-state index < -0.39 is 0 Å². The van der Waals surface area contributed by atoms with Crippen LogP contribution in [0.5, 0.6) is 0 Å². The third-order valence-corrected chi connectivity index (χ3v) is 3.48. The number of aromatic nitrogens is 2. The minimum Gasteiger partial charge on any atom is -0.384 e. The van der Waals surface area contributed by atoms with Gasteiger partial charge >= 0.3 is 0 Å². The lowest BCUT2D eigenvalue weighted by Crippen LogP contribution is -2.10. The first-order chi connectivity index (χ1) is 9.00. The van der Waals surface area contributed by atoms with Crippen LogP contribution in [0.25, 0.3) is 0 Å². The second-order valence-corrected chi connectivity index (χ2v) is 5.57. The highest BCUT2D eigenvalue weighted by Crippen LogP contribution is 2.28. The van der Waals surface area contributed by atoms with Gasteiger partial charge < -0.3 is 10.3 Å². The number of anilines is 1. The van der Waals surface area contributed by atoms with E-state index in [2.05, 4.69) is 54.6 Å². The molecule has 0 fully saturated rings. The van der Waals surface area contributed by atoms with Gasteiger partial charge in [0.25, 0.3) is 0 Å². The molecular formula is C16H23N3. The zero-order valence-electron chi connectivity index (χ0n) is 12.2. The molecule has 1 aromatic carbocycles. The van der Waals surface area contributed by atoms with Gasteiger partial charge in [0.1, 0.15) is 11.6 Å². The molecule has 2 rings (SSSR count). The molecule has 0 radical (unpaired) electrons. The number of imidazole rings is 1. The number of nitrogen functional groups attached to an aromatic ring is 1. The zero-order valence-corrected chi connectivity index (χ0v) is 12.2. The lowest BCUT2D eigenvalue weighted by atomic mass is 9.98. The molecule has 102 valence electrons. The van der Waals surface area contributed by atoms with Crippen LogP contribution in [-0.4, -0.2) is 9.55 Å². The Bertz CT molecular complexity index is 541. The van der Waals surface area contributed by atoms with Crippen LogP contribution in [0.15, 0.2) is 30.3 Å². The molecule has 1 unspecified atom stereocenters. The average Bonchev–Trinajstić information content (AvgIpc) is 2.66. The lowest BCUT2D eigenvalue weighted by Gasteiger charge is -2.13. The maximum Gasteiger partial charge on any atom is 0.127 e. The van der Waals surface area contributed by atoms with Crippen molar-refractivity contribution in [2.45, 2.75) is 40.2 Å². The highest BCUT2D eigenvalue weighted by Gasteiger charge is 2.19. The van der Waals surface area contributed by atoms with E-state index in [0.717, 1.165) is 23.9 Å². The topological polar surface area (TPSA) is 43.8 Å². The normalized spacial score (nSPS) is 12.9. The maximum absolute atomic E-state index is 6.29. The molecular weight excluding hydrogens is 234 g/mol. The largest absolute Gasteiger partial charge is 0.384 e. The standard InChI is InChI=1S/C16H23N3/c1-11(2)10-19-13(4)18-15(16(19)17)12(3)14-8-6-5-7-9-14/h5-9,11-12H,10,17H2,1-4H3. The van der Waals surface area contributed by atoms with Crippen molar-refractivity contribution >= 4 is 5.82 Å². The Balaban J connectivity index is 2.36. The van der Waals surface area contributed by atoms with Crippen LogP contribution in [0.4, 0.5) is 5.82 Å². The fourth-order valence-electron chi connectivity index (χ4n) is 2.42. The first kappa shape index (κ1) is 13.7. The number of aryl methyl sites for hydroxylation is 1. The van der Waals surface area contributed by atoms with Crippen molar-refractivity contribution in [1.29, 1.82) is 0 Å². The molecule has 1 aromatic heterocycles. The van der Waals surface area contributed by atoms with Crippen LogP contribution in [0.1, 0.15) is 43.8 Å². The molecule has 0 aliphatic heterocycles. The van der Waals surface area contributed by atoms with Gasteiger partial charge in [-0.25, -0.2) is 4.98 Å². The van der Waals surface area contributed by atoms with Crippen molar-refractivity contribution in [3.05, 3.63) is 47.4 Å². The molecule has 2 N–H and O–H groups in total. The summed E-state index contributed by atoms with van der Waals surface area (Å²) in [6.45, 7) is 9.50. The van der Waals surface area contributed by atoms with Gasteiger partial charge in [-0.2, -0.15) is 0 Å². The van der Waals surface area contributed by atoms with Crippen LogP contribution in [0.2, 0.25) is 0 Å². The second-order valence-electron chi connectivity index (χ2n) is 5.57. The summed E-state index contributed by atoms with van der Waals surface area (Å²) in [5.41, 5.74) is 8.53. The summed E-state index contributed by atoms with van der Waals surface area (Å²) in [5, 5.41) is 0. The predicted octanol–water partition coefficient (Wildman–Crippen LogP) is 3.58. The first-order valence-electron chi connectivity index (χ1n) is 6.88. The quantitative estimate of drug-likeness (QED) is 0.909. The number of rotatable bonds is 4. The van der Waals surface area contributed by atoms with Gasteiger partial charge in [0.2, 0.25) is 0 Å². The van der Waals surface area contributed by atoms with E-state index in [1.807, 2.05) is 13.0 Å². The van der Waals surface area contributed by atoms with Crippen molar-refractivity contribution in [3.63, 3.8) is 0 Å². The zero-order chi connectivity index (χ0) is 14.0. The predicted molar refractivity (Wildman–Crippen MR) is 80.2 cm³/mol. The van der Waals surface area contributed by atoms with Crippen molar-refractivity contribution in [1.82, 2.24) is 9.55 Å². The minimum absolute atomic E-state index is 0.230. The third-order valence-electron chi connectivity index (χ3n) is 3.48. The fourth-order valence-corrected chi connectivity index (χ4v) is 2.42. The Morgan fingerprint density at radius 2 is 1.79 bits per heavy atom. The van der Waals surface area contributed by atoms with Crippen LogP contribution in [0.3, 0.4) is 0 Å². The van der Waals surface area contributed by atoms with E-state index in [0.29, 0.717) is 5.92 Å². The van der Waals surface area contributed by atoms with Gasteiger partial charge in [-0.05, 0) is 18.4 Å². The van der Waals surface area contributed by atoms with Crippen molar-refractivity contribution < 1.29 is 0 Å². The monoisotopic (exact) mass is 257 g/mol. The number of nitrogens with two attached hydrogens (primary N) is 1. The van der Waals surface area contributed by atoms with Gasteiger partial charge in [-0.3, -0.25) is 0 Å². The van der Waals surface area contributed by atoms with Gasteiger partial charge in [0.15, 0.2) is 0 Å². The van der Waals surface area contributed by atoms with E-state index in [-0.39, 0.29) is 5.92 Å². The molecule has 0 saturated carbocycles. The maximum atomic E-state index is 6.29. The molecule has 0 saturated heterocycles. The van der Waals surface area contributed by atoms with E-state index in [4.69, 9.17) is 5.73 Å². The summed E-state index contributed by atoms with van der Waals surface area (Å²) in [6.07, 6.45) is 0. The number of nitrogens with zero attached hydrogens (tertiary/aromatic N) is 2. The summed E-state index contributed by atoms with van der Waals surface area (Å²) in [4.78, 5) is 4.68. The van der Waals surface area contributed by atoms with E-state index >= 15 is 0 Å². The van der Waals surface area contributed by atoms with E-state index in [1.54, 1.807) is 0 Å². The second kappa shape index (κ2) is 5.47. The Labute approximate surface area is 115 Å². The van der Waals surface area contributed by atoms with Crippen molar-refractivity contribution in [2.24, 2.45) is 5.92 Å². The molecule has 3 nitrogen and oxygen atoms in total. The van der Waals surface area contributed by atoms with Crippen LogP contribution < -0.4 is 5.73 Å². The molecule has 3 heteroatoms. The van der Waals surface area contributed by atoms with Gasteiger partial charge in [-0.1, -0.05) is 51.1 Å². The van der Waals surface area contributed by atoms with Crippen molar-refractivity contribution in [3.8, 4) is 0 Å². The summed E-state index contributed by atoms with van der Waals surface area (Å²) in [7, 11) is 0. The van der Waals surface area contributed by atoms with Crippen LogP contribution >= 0.6 is 0 Å². The van der Waals surface area contributed by atoms with Gasteiger partial charge in [0, 0.05) is 12.5 Å². The number of hydrogen-bond donors (Lipinski definition) is 1. The van der Waals surface area contributed by atoms with Crippen molar-refractivity contribution in [2.75, 3.05) is 5.73 Å². The van der Waals surface area contributed by atoms with Gasteiger partial charge in [-0.15, -0.1) is 0 Å². The molecule has 2 aromatic rings. The summed E-state index contributed by atoms with van der Waals surface area (Å²) in [6, 6.07) is 10.4. The molecule has 0 aliphatic rings. The molecule has 0 amide bonds. The Hall–Kier alpha value is -1.77. The average molecular weight is 257 g/mol. The summed E-state index contributed by atoms with van der Waals surface area (Å²) >= 11 is 0. The minimum atomic E-state index is 0.230. The summed E-state index contributed by atoms with van der Waals surface area (Å²) in [5.74, 6) is 2.61. The number of hydrogen-bond acceptors (Lipinski definition) is 2. The third kappa shape index (κ3) is 2.80. The highest BCUT2D eigenvalue weighted by atomic mass is 15.1. The first-order valence-corrected chi connectivity index (χ1v) is 6.88. The number of benzene rings is 1. The molecule has 1 atom stereocenters. The SMILES string of the molecule is Cc1nc(C(C)c2ccccc2)c(N)n1CC(C)C. The smallest absolute Gasteiger partial charge is 0.127 e.